The molecule has 0 aromatic heterocycles. The van der Waals surface area contributed by atoms with E-state index in [9.17, 15) is 4.79 Å². The summed E-state index contributed by atoms with van der Waals surface area (Å²) in [6.45, 7) is 2.09. The second-order valence-corrected chi connectivity index (χ2v) is 5.81. The highest BCUT2D eigenvalue weighted by molar-refractivity contribution is 5.85. The Morgan fingerprint density at radius 2 is 1.75 bits per heavy atom. The highest BCUT2D eigenvalue weighted by Crippen LogP contribution is 2.48. The first-order chi connectivity index (χ1) is 9.74. The highest BCUT2D eigenvalue weighted by Gasteiger charge is 2.42. The van der Waals surface area contributed by atoms with Gasteiger partial charge in [0.2, 0.25) is 0 Å². The first kappa shape index (κ1) is 13.1. The summed E-state index contributed by atoms with van der Waals surface area (Å²) in [5.41, 5.74) is 3.86. The van der Waals surface area contributed by atoms with Gasteiger partial charge >= 0.3 is 0 Å². The molecule has 3 rings (SSSR count). The molecule has 20 heavy (non-hydrogen) atoms. The van der Waals surface area contributed by atoms with Gasteiger partial charge in [0, 0.05) is 12.3 Å². The minimum Gasteiger partial charge on any atom is -0.299 e. The van der Waals surface area contributed by atoms with Crippen LogP contribution >= 0.6 is 0 Å². The number of ketones is 1. The Kier molecular flexibility index (Phi) is 3.68. The van der Waals surface area contributed by atoms with E-state index in [4.69, 9.17) is 0 Å². The topological polar surface area (TPSA) is 17.1 Å². The lowest BCUT2D eigenvalue weighted by atomic mass is 10.0. The van der Waals surface area contributed by atoms with Gasteiger partial charge in [-0.05, 0) is 36.8 Å². The molecule has 1 aliphatic carbocycles. The van der Waals surface area contributed by atoms with E-state index in [1.807, 2.05) is 6.07 Å². The monoisotopic (exact) mass is 264 g/mol. The summed E-state index contributed by atoms with van der Waals surface area (Å²) in [7, 11) is 0. The number of rotatable bonds is 5. The molecule has 1 fully saturated rings. The minimum absolute atomic E-state index is 0.267. The van der Waals surface area contributed by atoms with Crippen LogP contribution in [0.4, 0.5) is 0 Å². The van der Waals surface area contributed by atoms with Gasteiger partial charge in [0.15, 0.2) is 0 Å². The van der Waals surface area contributed by atoms with E-state index in [1.165, 1.54) is 16.7 Å². The van der Waals surface area contributed by atoms with Crippen molar-refractivity contribution in [2.24, 2.45) is 5.92 Å². The third-order valence-electron chi connectivity index (χ3n) is 4.21. The van der Waals surface area contributed by atoms with Crippen molar-refractivity contribution in [2.45, 2.75) is 32.1 Å². The SMILES string of the molecule is Cc1ccc(CCC(=O)C2CC2c2ccccc2)cc1. The molecule has 1 nitrogen and oxygen atoms in total. The van der Waals surface area contributed by atoms with Crippen LogP contribution in [-0.4, -0.2) is 5.78 Å². The lowest BCUT2D eigenvalue weighted by molar-refractivity contribution is -0.120. The highest BCUT2D eigenvalue weighted by atomic mass is 16.1. The van der Waals surface area contributed by atoms with E-state index < -0.39 is 0 Å². The second-order valence-electron chi connectivity index (χ2n) is 5.81. The summed E-state index contributed by atoms with van der Waals surface area (Å²) in [5, 5.41) is 0. The number of benzene rings is 2. The number of hydrogen-bond donors (Lipinski definition) is 0. The maximum Gasteiger partial charge on any atom is 0.136 e. The van der Waals surface area contributed by atoms with E-state index in [-0.39, 0.29) is 5.92 Å². The van der Waals surface area contributed by atoms with Crippen LogP contribution in [0.3, 0.4) is 0 Å². The summed E-state index contributed by atoms with van der Waals surface area (Å²) < 4.78 is 0. The molecule has 2 aromatic rings. The molecule has 0 radical (unpaired) electrons. The Balaban J connectivity index is 1.53. The predicted molar refractivity (Wildman–Crippen MR) is 81.8 cm³/mol. The fourth-order valence-electron chi connectivity index (χ4n) is 2.83. The van der Waals surface area contributed by atoms with E-state index in [2.05, 4.69) is 55.5 Å². The fourth-order valence-corrected chi connectivity index (χ4v) is 2.83. The van der Waals surface area contributed by atoms with Crippen molar-refractivity contribution in [3.63, 3.8) is 0 Å². The van der Waals surface area contributed by atoms with Crippen LogP contribution in [0.2, 0.25) is 0 Å². The second kappa shape index (κ2) is 5.62. The van der Waals surface area contributed by atoms with E-state index >= 15 is 0 Å². The molecule has 0 N–H and O–H groups in total. The maximum absolute atomic E-state index is 12.2. The Morgan fingerprint density at radius 1 is 1.05 bits per heavy atom. The number of carbonyl (C=O) groups excluding carboxylic acids is 1. The Bertz CT molecular complexity index is 583. The van der Waals surface area contributed by atoms with Crippen LogP contribution in [0.25, 0.3) is 0 Å². The number of carbonyl (C=O) groups is 1. The van der Waals surface area contributed by atoms with E-state index in [0.717, 1.165) is 12.8 Å². The Hall–Kier alpha value is -1.89. The molecule has 102 valence electrons. The summed E-state index contributed by atoms with van der Waals surface area (Å²) >= 11 is 0. The molecule has 0 heterocycles. The van der Waals surface area contributed by atoms with Crippen molar-refractivity contribution >= 4 is 5.78 Å². The van der Waals surface area contributed by atoms with Crippen LogP contribution in [0, 0.1) is 12.8 Å². The largest absolute Gasteiger partial charge is 0.299 e. The third-order valence-corrected chi connectivity index (χ3v) is 4.21. The predicted octanol–water partition coefficient (Wildman–Crippen LogP) is 4.30. The molecule has 2 unspecified atom stereocenters. The molecule has 0 saturated heterocycles. The van der Waals surface area contributed by atoms with Gasteiger partial charge in [-0.3, -0.25) is 4.79 Å². The molecule has 2 atom stereocenters. The maximum atomic E-state index is 12.2. The summed E-state index contributed by atoms with van der Waals surface area (Å²) in [6.07, 6.45) is 2.59. The number of Topliss-reactive ketones (excluding diaryl/α,β-unsaturated/α-hetero) is 1. The Labute approximate surface area is 120 Å². The quantitative estimate of drug-likeness (QED) is 0.787. The summed E-state index contributed by atoms with van der Waals surface area (Å²) in [5.74, 6) is 1.17. The van der Waals surface area contributed by atoms with Gasteiger partial charge < -0.3 is 0 Å². The first-order valence-corrected chi connectivity index (χ1v) is 7.37. The minimum atomic E-state index is 0.267. The van der Waals surface area contributed by atoms with Crippen LogP contribution in [0.1, 0.15) is 35.4 Å². The lowest BCUT2D eigenvalue weighted by Gasteiger charge is -2.02. The summed E-state index contributed by atoms with van der Waals surface area (Å²) in [4.78, 5) is 12.2. The van der Waals surface area contributed by atoms with Crippen LogP contribution in [0.15, 0.2) is 54.6 Å². The first-order valence-electron chi connectivity index (χ1n) is 7.37. The van der Waals surface area contributed by atoms with Crippen LogP contribution < -0.4 is 0 Å². The molecule has 1 saturated carbocycles. The van der Waals surface area contributed by atoms with Gasteiger partial charge in [-0.1, -0.05) is 60.2 Å². The zero-order valence-electron chi connectivity index (χ0n) is 11.9. The lowest BCUT2D eigenvalue weighted by Crippen LogP contribution is -2.04. The zero-order chi connectivity index (χ0) is 13.9. The molecule has 0 amide bonds. The molecule has 1 aliphatic rings. The smallest absolute Gasteiger partial charge is 0.136 e. The molecule has 2 aromatic carbocycles. The van der Waals surface area contributed by atoms with Gasteiger partial charge in [0.1, 0.15) is 5.78 Å². The van der Waals surface area contributed by atoms with Crippen molar-refractivity contribution in [3.8, 4) is 0 Å². The molecule has 1 heteroatoms. The van der Waals surface area contributed by atoms with Crippen molar-refractivity contribution in [3.05, 3.63) is 71.3 Å². The van der Waals surface area contributed by atoms with E-state index in [1.54, 1.807) is 0 Å². The molecule has 0 aliphatic heterocycles. The van der Waals surface area contributed by atoms with Gasteiger partial charge in [0.05, 0.1) is 0 Å². The Morgan fingerprint density at radius 3 is 2.45 bits per heavy atom. The average Bonchev–Trinajstić information content (AvgIpc) is 3.28. The van der Waals surface area contributed by atoms with Gasteiger partial charge in [-0.25, -0.2) is 0 Å². The molecular formula is C19H20O. The normalized spacial score (nSPS) is 20.6. The van der Waals surface area contributed by atoms with Crippen molar-refractivity contribution in [2.75, 3.05) is 0 Å². The van der Waals surface area contributed by atoms with Gasteiger partial charge in [-0.2, -0.15) is 0 Å². The number of aryl methyl sites for hydroxylation is 2. The van der Waals surface area contributed by atoms with Crippen molar-refractivity contribution in [1.82, 2.24) is 0 Å². The average molecular weight is 264 g/mol. The van der Waals surface area contributed by atoms with Crippen molar-refractivity contribution in [1.29, 1.82) is 0 Å². The summed E-state index contributed by atoms with van der Waals surface area (Å²) in [6, 6.07) is 18.9. The third kappa shape index (κ3) is 2.98. The number of hydrogen-bond acceptors (Lipinski definition) is 1. The van der Waals surface area contributed by atoms with E-state index in [0.29, 0.717) is 18.1 Å². The standard InChI is InChI=1S/C19H20O/c1-14-7-9-15(10-8-14)11-12-19(20)18-13-17(18)16-5-3-2-4-6-16/h2-10,17-18H,11-13H2,1H3. The van der Waals surface area contributed by atoms with Crippen LogP contribution in [-0.2, 0) is 11.2 Å². The zero-order valence-corrected chi connectivity index (χ0v) is 11.9. The van der Waals surface area contributed by atoms with Crippen molar-refractivity contribution < 1.29 is 4.79 Å². The van der Waals surface area contributed by atoms with Crippen LogP contribution in [0.5, 0.6) is 0 Å². The molecule has 0 spiro atoms. The van der Waals surface area contributed by atoms with Gasteiger partial charge in [-0.15, -0.1) is 0 Å². The molecule has 0 bridgehead atoms. The fraction of sp³-hybridized carbons (Fsp3) is 0.316. The molecular weight excluding hydrogens is 244 g/mol. The van der Waals surface area contributed by atoms with Gasteiger partial charge in [0.25, 0.3) is 0 Å².